The van der Waals surface area contributed by atoms with Crippen LogP contribution in [0.1, 0.15) is 31.2 Å². The van der Waals surface area contributed by atoms with Gasteiger partial charge in [-0.3, -0.25) is 9.59 Å². The minimum absolute atomic E-state index is 0.164. The number of carboxylic acid groups (broad SMARTS) is 1. The monoisotopic (exact) mass is 276 g/mol. The molecule has 0 atom stereocenters. The van der Waals surface area contributed by atoms with E-state index in [1.165, 1.54) is 0 Å². The highest BCUT2D eigenvalue weighted by Crippen LogP contribution is 2.37. The quantitative estimate of drug-likeness (QED) is 0.712. The second kappa shape index (κ2) is 5.94. The van der Waals surface area contributed by atoms with Crippen LogP contribution in [0.5, 0.6) is 0 Å². The molecule has 0 aliphatic heterocycles. The molecule has 2 rings (SSSR count). The number of hydrogen-bond acceptors (Lipinski definition) is 3. The standard InChI is InChI=1S/C15H20N2O3/c16-12-5-3-4-11(8-12)9-13(18)17-10-15(14(19)20)6-1-2-7-15/h3-5,8H,1-2,6-7,9-10,16H2,(H,17,18)(H,19,20). The van der Waals surface area contributed by atoms with Crippen molar-refractivity contribution in [1.29, 1.82) is 0 Å². The first-order valence-corrected chi connectivity index (χ1v) is 6.86. The summed E-state index contributed by atoms with van der Waals surface area (Å²) in [5, 5.41) is 12.1. The average Bonchev–Trinajstić information content (AvgIpc) is 2.86. The molecule has 1 aliphatic rings. The van der Waals surface area contributed by atoms with E-state index in [-0.39, 0.29) is 18.9 Å². The number of nitrogen functional groups attached to an aromatic ring is 1. The van der Waals surface area contributed by atoms with Crippen LogP contribution in [0.25, 0.3) is 0 Å². The second-order valence-electron chi connectivity index (χ2n) is 5.49. The van der Waals surface area contributed by atoms with Crippen LogP contribution in [0.4, 0.5) is 5.69 Å². The van der Waals surface area contributed by atoms with Crippen molar-refractivity contribution in [2.24, 2.45) is 5.41 Å². The predicted octanol–water partition coefficient (Wildman–Crippen LogP) is 1.57. The van der Waals surface area contributed by atoms with Gasteiger partial charge in [-0.15, -0.1) is 0 Å². The number of rotatable bonds is 5. The van der Waals surface area contributed by atoms with Crippen molar-refractivity contribution in [2.45, 2.75) is 32.1 Å². The lowest BCUT2D eigenvalue weighted by atomic mass is 9.86. The van der Waals surface area contributed by atoms with E-state index in [4.69, 9.17) is 5.73 Å². The molecule has 1 aliphatic carbocycles. The van der Waals surface area contributed by atoms with Crippen molar-refractivity contribution >= 4 is 17.6 Å². The Morgan fingerprint density at radius 1 is 1.30 bits per heavy atom. The Bertz CT molecular complexity index is 508. The molecular weight excluding hydrogens is 256 g/mol. The molecule has 1 aromatic rings. The second-order valence-corrected chi connectivity index (χ2v) is 5.49. The molecule has 1 aromatic carbocycles. The van der Waals surface area contributed by atoms with Crippen LogP contribution in [-0.4, -0.2) is 23.5 Å². The highest BCUT2D eigenvalue weighted by Gasteiger charge is 2.41. The highest BCUT2D eigenvalue weighted by molar-refractivity contribution is 5.81. The number of amides is 1. The van der Waals surface area contributed by atoms with Gasteiger partial charge in [-0.2, -0.15) is 0 Å². The molecule has 0 bridgehead atoms. The molecule has 1 saturated carbocycles. The zero-order chi connectivity index (χ0) is 14.6. The first kappa shape index (κ1) is 14.4. The van der Waals surface area contributed by atoms with Crippen molar-refractivity contribution in [3.05, 3.63) is 29.8 Å². The van der Waals surface area contributed by atoms with Gasteiger partial charge < -0.3 is 16.2 Å². The van der Waals surface area contributed by atoms with Gasteiger partial charge in [0.1, 0.15) is 0 Å². The molecule has 1 amide bonds. The zero-order valence-electron chi connectivity index (χ0n) is 11.4. The zero-order valence-corrected chi connectivity index (χ0v) is 11.4. The van der Waals surface area contributed by atoms with E-state index in [0.29, 0.717) is 18.5 Å². The van der Waals surface area contributed by atoms with E-state index in [0.717, 1.165) is 18.4 Å². The van der Waals surface area contributed by atoms with Gasteiger partial charge in [0.15, 0.2) is 0 Å². The van der Waals surface area contributed by atoms with Crippen molar-refractivity contribution in [2.75, 3.05) is 12.3 Å². The first-order valence-electron chi connectivity index (χ1n) is 6.86. The van der Waals surface area contributed by atoms with E-state index < -0.39 is 11.4 Å². The number of carboxylic acids is 1. The van der Waals surface area contributed by atoms with E-state index >= 15 is 0 Å². The number of nitrogens with two attached hydrogens (primary N) is 1. The van der Waals surface area contributed by atoms with Gasteiger partial charge in [0, 0.05) is 12.2 Å². The fourth-order valence-corrected chi connectivity index (χ4v) is 2.74. The van der Waals surface area contributed by atoms with Crippen LogP contribution in [0.3, 0.4) is 0 Å². The lowest BCUT2D eigenvalue weighted by molar-refractivity contribution is -0.148. The minimum atomic E-state index is -0.806. The van der Waals surface area contributed by atoms with Crippen molar-refractivity contribution in [1.82, 2.24) is 5.32 Å². The third-order valence-corrected chi connectivity index (χ3v) is 3.95. The SMILES string of the molecule is Nc1cccc(CC(=O)NCC2(C(=O)O)CCCC2)c1. The number of benzene rings is 1. The summed E-state index contributed by atoms with van der Waals surface area (Å²) in [5.74, 6) is -0.970. The number of aliphatic carboxylic acids is 1. The molecule has 0 radical (unpaired) electrons. The summed E-state index contributed by atoms with van der Waals surface area (Å²) in [6.45, 7) is 0.212. The molecule has 0 unspecified atom stereocenters. The lowest BCUT2D eigenvalue weighted by Gasteiger charge is -2.23. The third-order valence-electron chi connectivity index (χ3n) is 3.95. The minimum Gasteiger partial charge on any atom is -0.481 e. The topological polar surface area (TPSA) is 92.4 Å². The molecule has 0 aromatic heterocycles. The van der Waals surface area contributed by atoms with E-state index in [1.807, 2.05) is 6.07 Å². The summed E-state index contributed by atoms with van der Waals surface area (Å²) in [4.78, 5) is 23.3. The molecule has 5 nitrogen and oxygen atoms in total. The first-order chi connectivity index (χ1) is 9.52. The summed E-state index contributed by atoms with van der Waals surface area (Å²) in [6.07, 6.45) is 3.33. The third kappa shape index (κ3) is 3.29. The summed E-state index contributed by atoms with van der Waals surface area (Å²) < 4.78 is 0. The number of nitrogens with one attached hydrogen (secondary N) is 1. The average molecular weight is 276 g/mol. The van der Waals surface area contributed by atoms with Crippen LogP contribution in [0.15, 0.2) is 24.3 Å². The number of hydrogen-bond donors (Lipinski definition) is 3. The maximum atomic E-state index is 11.9. The van der Waals surface area contributed by atoms with Crippen molar-refractivity contribution in [3.8, 4) is 0 Å². The molecular formula is C15H20N2O3. The Balaban J connectivity index is 1.90. The summed E-state index contributed by atoms with van der Waals surface area (Å²) in [6, 6.07) is 7.15. The summed E-state index contributed by atoms with van der Waals surface area (Å²) in [7, 11) is 0. The Kier molecular flexibility index (Phi) is 4.27. The van der Waals surface area contributed by atoms with Crippen molar-refractivity contribution in [3.63, 3.8) is 0 Å². The number of anilines is 1. The molecule has 0 spiro atoms. The highest BCUT2D eigenvalue weighted by atomic mass is 16.4. The summed E-state index contributed by atoms with van der Waals surface area (Å²) in [5.41, 5.74) is 6.34. The van der Waals surface area contributed by atoms with Crippen LogP contribution in [0, 0.1) is 5.41 Å². The van der Waals surface area contributed by atoms with Gasteiger partial charge in [-0.1, -0.05) is 25.0 Å². The molecule has 1 fully saturated rings. The van der Waals surface area contributed by atoms with Gasteiger partial charge in [-0.25, -0.2) is 0 Å². The smallest absolute Gasteiger partial charge is 0.311 e. The predicted molar refractivity (Wildman–Crippen MR) is 76.1 cm³/mol. The maximum Gasteiger partial charge on any atom is 0.311 e. The van der Waals surface area contributed by atoms with Gasteiger partial charge >= 0.3 is 5.97 Å². The molecule has 4 N–H and O–H groups in total. The molecule has 0 saturated heterocycles. The van der Waals surface area contributed by atoms with Gasteiger partial charge in [0.25, 0.3) is 0 Å². The largest absolute Gasteiger partial charge is 0.481 e. The Labute approximate surface area is 118 Å². The summed E-state index contributed by atoms with van der Waals surface area (Å²) >= 11 is 0. The van der Waals surface area contributed by atoms with Crippen LogP contribution < -0.4 is 11.1 Å². The van der Waals surface area contributed by atoms with Crippen molar-refractivity contribution < 1.29 is 14.7 Å². The maximum absolute atomic E-state index is 11.9. The van der Waals surface area contributed by atoms with Crippen LogP contribution in [-0.2, 0) is 16.0 Å². The molecule has 108 valence electrons. The van der Waals surface area contributed by atoms with Gasteiger partial charge in [0.2, 0.25) is 5.91 Å². The Hall–Kier alpha value is -2.04. The molecule has 20 heavy (non-hydrogen) atoms. The van der Waals surface area contributed by atoms with E-state index in [1.54, 1.807) is 18.2 Å². The molecule has 5 heteroatoms. The molecule has 0 heterocycles. The van der Waals surface area contributed by atoms with E-state index in [2.05, 4.69) is 5.32 Å². The lowest BCUT2D eigenvalue weighted by Crippen LogP contribution is -2.41. The van der Waals surface area contributed by atoms with Crippen LogP contribution >= 0.6 is 0 Å². The Morgan fingerprint density at radius 2 is 2.00 bits per heavy atom. The van der Waals surface area contributed by atoms with Crippen LogP contribution in [0.2, 0.25) is 0 Å². The van der Waals surface area contributed by atoms with E-state index in [9.17, 15) is 14.7 Å². The Morgan fingerprint density at radius 3 is 2.60 bits per heavy atom. The number of carbonyl (C=O) groups excluding carboxylic acids is 1. The number of carbonyl (C=O) groups is 2. The van der Waals surface area contributed by atoms with Gasteiger partial charge in [0.05, 0.1) is 11.8 Å². The van der Waals surface area contributed by atoms with Gasteiger partial charge in [-0.05, 0) is 30.5 Å². The fourth-order valence-electron chi connectivity index (χ4n) is 2.74. The normalized spacial score (nSPS) is 16.8. The fraction of sp³-hybridized carbons (Fsp3) is 0.467.